The predicted octanol–water partition coefficient (Wildman–Crippen LogP) is 19.7. The highest BCUT2D eigenvalue weighted by Gasteiger charge is 2.30. The van der Waals surface area contributed by atoms with Gasteiger partial charge in [0.25, 0.3) is 0 Å². The number of aliphatic hydroxyl groups excluding tert-OH is 1. The first kappa shape index (κ1) is 87.1. The molecule has 4 unspecified atom stereocenters. The molecule has 0 aliphatic heterocycles. The van der Waals surface area contributed by atoms with E-state index in [1.54, 1.807) is 0 Å². The zero-order valence-electron chi connectivity index (χ0n) is 58.1. The molecule has 528 valence electrons. The smallest absolute Gasteiger partial charge is 0.462 e. The van der Waals surface area contributed by atoms with E-state index in [9.17, 15) is 43.2 Å². The van der Waals surface area contributed by atoms with Crippen LogP contribution in [-0.2, 0) is 65.4 Å². The van der Waals surface area contributed by atoms with Gasteiger partial charge in [-0.2, -0.15) is 0 Å². The third-order valence-corrected chi connectivity index (χ3v) is 18.7. The fraction of sp³-hybridized carbons (Fsp3) is 0.943. The Hall–Kier alpha value is -1.94. The number of aliphatic hydroxyl groups is 1. The number of unbranched alkanes of at least 4 members (excludes halogenated alkanes) is 31. The maximum absolute atomic E-state index is 13.0. The van der Waals surface area contributed by atoms with Crippen LogP contribution in [-0.4, -0.2) is 96.7 Å². The number of carbonyl (C=O) groups is 4. The van der Waals surface area contributed by atoms with Crippen LogP contribution >= 0.6 is 15.6 Å². The normalized spacial score (nSPS) is 14.9. The van der Waals surface area contributed by atoms with E-state index in [1.807, 2.05) is 0 Å². The van der Waals surface area contributed by atoms with Crippen LogP contribution in [0.1, 0.15) is 344 Å². The number of rotatable bonds is 67. The number of esters is 4. The fourth-order valence-corrected chi connectivity index (χ4v) is 12.0. The van der Waals surface area contributed by atoms with Gasteiger partial charge in [0.1, 0.15) is 19.3 Å². The Balaban J connectivity index is 5.27. The van der Waals surface area contributed by atoms with Gasteiger partial charge in [0, 0.05) is 25.7 Å². The van der Waals surface area contributed by atoms with Crippen LogP contribution in [0.4, 0.5) is 0 Å². The molecule has 0 aromatic carbocycles. The summed E-state index contributed by atoms with van der Waals surface area (Å²) in [5, 5.41) is 10.6. The van der Waals surface area contributed by atoms with Crippen molar-refractivity contribution in [3.63, 3.8) is 0 Å². The summed E-state index contributed by atoms with van der Waals surface area (Å²) in [6, 6.07) is 0. The first-order valence-corrected chi connectivity index (χ1v) is 39.3. The average molecular weight is 1310 g/mol. The lowest BCUT2D eigenvalue weighted by atomic mass is 9.99. The molecule has 0 saturated heterocycles. The predicted molar refractivity (Wildman–Crippen MR) is 358 cm³/mol. The van der Waals surface area contributed by atoms with Crippen LogP contribution in [0.25, 0.3) is 0 Å². The third kappa shape index (κ3) is 62.0. The van der Waals surface area contributed by atoms with E-state index < -0.39 is 97.5 Å². The Labute approximate surface area is 543 Å². The Morgan fingerprint density at radius 2 is 0.539 bits per heavy atom. The summed E-state index contributed by atoms with van der Waals surface area (Å²) in [5.74, 6) is 0.898. The minimum atomic E-state index is -4.95. The van der Waals surface area contributed by atoms with Crippen LogP contribution in [0.15, 0.2) is 0 Å². The maximum atomic E-state index is 13.0. The summed E-state index contributed by atoms with van der Waals surface area (Å²) >= 11 is 0. The van der Waals surface area contributed by atoms with Crippen molar-refractivity contribution >= 4 is 39.5 Å². The van der Waals surface area contributed by atoms with Crippen molar-refractivity contribution in [2.24, 2.45) is 23.7 Å². The molecule has 7 atom stereocenters. The van der Waals surface area contributed by atoms with Crippen molar-refractivity contribution in [1.29, 1.82) is 0 Å². The van der Waals surface area contributed by atoms with Gasteiger partial charge in [-0.05, 0) is 49.4 Å². The molecule has 89 heavy (non-hydrogen) atoms. The molecule has 0 radical (unpaired) electrons. The van der Waals surface area contributed by atoms with E-state index in [0.29, 0.717) is 25.7 Å². The molecule has 0 aliphatic rings. The SMILES string of the molecule is CCC(C)CCCCCCCCCCCCC(=O)OC[C@H](COP(=O)(O)OC[C@@H](O)COP(=O)(O)OC[C@@H](COC(=O)CCCCCCCCC(C)CC)OC(=O)CCCCCCCCCCCCC(C)C)OC(=O)CCCCCCCCCCCC(C)C. The molecular weight excluding hydrogens is 1170 g/mol. The van der Waals surface area contributed by atoms with Crippen molar-refractivity contribution in [1.82, 2.24) is 0 Å². The lowest BCUT2D eigenvalue weighted by molar-refractivity contribution is -0.161. The number of hydrogen-bond acceptors (Lipinski definition) is 15. The largest absolute Gasteiger partial charge is 0.472 e. The maximum Gasteiger partial charge on any atom is 0.472 e. The van der Waals surface area contributed by atoms with Gasteiger partial charge >= 0.3 is 39.5 Å². The molecule has 0 bridgehead atoms. The minimum absolute atomic E-state index is 0.104. The molecule has 0 heterocycles. The molecule has 0 saturated carbocycles. The zero-order chi connectivity index (χ0) is 66.1. The topological polar surface area (TPSA) is 237 Å². The van der Waals surface area contributed by atoms with E-state index in [0.717, 1.165) is 120 Å². The third-order valence-electron chi connectivity index (χ3n) is 16.8. The highest BCUT2D eigenvalue weighted by molar-refractivity contribution is 7.47. The highest BCUT2D eigenvalue weighted by Crippen LogP contribution is 2.45. The van der Waals surface area contributed by atoms with Gasteiger partial charge in [0.05, 0.1) is 26.4 Å². The zero-order valence-corrected chi connectivity index (χ0v) is 59.8. The number of hydrogen-bond donors (Lipinski definition) is 3. The Bertz CT molecular complexity index is 1770. The van der Waals surface area contributed by atoms with Crippen molar-refractivity contribution in [3.05, 3.63) is 0 Å². The van der Waals surface area contributed by atoms with Gasteiger partial charge in [-0.1, -0.05) is 293 Å². The fourth-order valence-electron chi connectivity index (χ4n) is 10.4. The van der Waals surface area contributed by atoms with Gasteiger partial charge in [-0.15, -0.1) is 0 Å². The number of ether oxygens (including phenoxy) is 4. The molecule has 0 aliphatic carbocycles. The monoisotopic (exact) mass is 1310 g/mol. The quantitative estimate of drug-likeness (QED) is 0.0222. The lowest BCUT2D eigenvalue weighted by Crippen LogP contribution is -2.30. The molecule has 0 rings (SSSR count). The van der Waals surface area contributed by atoms with Gasteiger partial charge in [0.2, 0.25) is 0 Å². The molecule has 0 aromatic rings. The standard InChI is InChI=1S/C70H136O17P2/c1-9-62(7)48-40-32-24-18-12-14-19-25-34-42-50-67(72)80-56-65(86-70(75)53-45-37-27-21-15-17-23-31-39-47-61(5)6)58-84-88(76,77)82-54-64(71)55-83-89(78,79)85-59-66(57-81-68(73)51-43-35-29-28-33-41-49-63(8)10-2)87-69(74)52-44-36-26-20-13-11-16-22-30-38-46-60(3)4/h60-66,71H,9-59H2,1-8H3,(H,76,77)(H,78,79)/t62?,63?,64-,65-,66-/m1/s1. The Morgan fingerprint density at radius 1 is 0.315 bits per heavy atom. The van der Waals surface area contributed by atoms with Crippen LogP contribution in [0.5, 0.6) is 0 Å². The van der Waals surface area contributed by atoms with Crippen molar-refractivity contribution < 1.29 is 80.2 Å². The molecule has 19 heteroatoms. The van der Waals surface area contributed by atoms with E-state index in [-0.39, 0.29) is 25.7 Å². The van der Waals surface area contributed by atoms with Crippen LogP contribution in [0.3, 0.4) is 0 Å². The van der Waals surface area contributed by atoms with Crippen molar-refractivity contribution in [2.75, 3.05) is 39.6 Å². The number of phosphoric ester groups is 2. The van der Waals surface area contributed by atoms with Crippen molar-refractivity contribution in [3.8, 4) is 0 Å². The van der Waals surface area contributed by atoms with Gasteiger partial charge in [0.15, 0.2) is 12.2 Å². The summed E-state index contributed by atoms with van der Waals surface area (Å²) in [6.07, 6.45) is 41.6. The first-order chi connectivity index (χ1) is 42.7. The molecule has 0 spiro atoms. The second-order valence-corrected chi connectivity index (χ2v) is 29.6. The van der Waals surface area contributed by atoms with Crippen molar-refractivity contribution in [2.45, 2.75) is 363 Å². The van der Waals surface area contributed by atoms with Crippen LogP contribution in [0, 0.1) is 23.7 Å². The first-order valence-electron chi connectivity index (χ1n) is 36.3. The molecule has 0 fully saturated rings. The molecule has 0 amide bonds. The van der Waals surface area contributed by atoms with Crippen LogP contribution in [0.2, 0.25) is 0 Å². The second-order valence-electron chi connectivity index (χ2n) is 26.7. The van der Waals surface area contributed by atoms with Crippen LogP contribution < -0.4 is 0 Å². The molecular formula is C70H136O17P2. The molecule has 0 aromatic heterocycles. The van der Waals surface area contributed by atoms with Gasteiger partial charge in [-0.3, -0.25) is 37.3 Å². The summed E-state index contributed by atoms with van der Waals surface area (Å²) in [7, 11) is -9.90. The van der Waals surface area contributed by atoms with Gasteiger partial charge < -0.3 is 33.8 Å². The summed E-state index contributed by atoms with van der Waals surface area (Å²) < 4.78 is 68.3. The van der Waals surface area contributed by atoms with E-state index in [4.69, 9.17) is 37.0 Å². The summed E-state index contributed by atoms with van der Waals surface area (Å²) in [5.41, 5.74) is 0. The van der Waals surface area contributed by atoms with E-state index in [2.05, 4.69) is 55.4 Å². The number of phosphoric acid groups is 2. The van der Waals surface area contributed by atoms with E-state index in [1.165, 1.54) is 141 Å². The van der Waals surface area contributed by atoms with Gasteiger partial charge in [-0.25, -0.2) is 9.13 Å². The lowest BCUT2D eigenvalue weighted by Gasteiger charge is -2.21. The Kier molecular flexibility index (Phi) is 58.5. The van der Waals surface area contributed by atoms with E-state index >= 15 is 0 Å². The highest BCUT2D eigenvalue weighted by atomic mass is 31.2. The summed E-state index contributed by atoms with van der Waals surface area (Å²) in [4.78, 5) is 72.5. The average Bonchev–Trinajstić information content (AvgIpc) is 3.71. The minimum Gasteiger partial charge on any atom is -0.462 e. The molecule has 3 N–H and O–H groups in total. The molecule has 17 nitrogen and oxygen atoms in total. The number of carbonyl (C=O) groups excluding carboxylic acids is 4. The second kappa shape index (κ2) is 59.8. The Morgan fingerprint density at radius 3 is 0.798 bits per heavy atom. The summed E-state index contributed by atoms with van der Waals surface area (Å²) in [6.45, 7) is 14.1.